The Morgan fingerprint density at radius 2 is 1.87 bits per heavy atom. The van der Waals surface area contributed by atoms with Gasteiger partial charge in [-0.2, -0.15) is 0 Å². The Kier molecular flexibility index (Phi) is 6.86. The van der Waals surface area contributed by atoms with E-state index in [4.69, 9.17) is 14.0 Å². The van der Waals surface area contributed by atoms with Gasteiger partial charge in [0.2, 0.25) is 0 Å². The van der Waals surface area contributed by atoms with Crippen molar-refractivity contribution >= 4 is 11.9 Å². The number of benzene rings is 2. The van der Waals surface area contributed by atoms with Crippen molar-refractivity contribution in [2.45, 2.75) is 76.4 Å². The minimum absolute atomic E-state index is 0.00380. The molecule has 38 heavy (non-hydrogen) atoms. The van der Waals surface area contributed by atoms with E-state index < -0.39 is 29.5 Å². The molecule has 1 aromatic heterocycles. The first kappa shape index (κ1) is 26.1. The van der Waals surface area contributed by atoms with Crippen molar-refractivity contribution in [2.24, 2.45) is 0 Å². The van der Waals surface area contributed by atoms with Crippen LogP contribution >= 0.6 is 0 Å². The molecule has 0 radical (unpaired) electrons. The molecular formula is C30H32FNO6. The molecule has 3 fully saturated rings. The highest BCUT2D eigenvalue weighted by molar-refractivity contribution is 5.77. The number of aromatic nitrogens is 1. The Morgan fingerprint density at radius 3 is 2.50 bits per heavy atom. The molecule has 3 aliphatic rings. The van der Waals surface area contributed by atoms with Gasteiger partial charge in [0.15, 0.2) is 5.76 Å². The van der Waals surface area contributed by atoms with Gasteiger partial charge in [-0.25, -0.2) is 4.39 Å². The van der Waals surface area contributed by atoms with Gasteiger partial charge in [0.1, 0.15) is 11.9 Å². The Labute approximate surface area is 220 Å². The topological polar surface area (TPSA) is 98.9 Å². The van der Waals surface area contributed by atoms with E-state index in [1.165, 1.54) is 6.07 Å². The third-order valence-electron chi connectivity index (χ3n) is 8.31. The smallest absolute Gasteiger partial charge is 0.311 e. The van der Waals surface area contributed by atoms with E-state index in [1.807, 2.05) is 44.2 Å². The lowest BCUT2D eigenvalue weighted by Gasteiger charge is -2.53. The summed E-state index contributed by atoms with van der Waals surface area (Å²) in [4.78, 5) is 24.1. The molecule has 2 aliphatic heterocycles. The number of carboxylic acid groups (broad SMARTS) is 1. The molecule has 200 valence electrons. The standard InChI is InChI=1S/C30H32FNO6/c1-18-6-4-5-7-22(18)20(3)37-27(35)15-24-19(2)32-38-28(24)23-9-8-21(14-25(23)31)29-10-12-30(13-11-29,36-17-29)16-26(33)34/h4-9,14,20H,10-13,15-17H2,1-3H3,(H,33,34)/t20-,29?,30?/m1/s1. The minimum atomic E-state index is -0.860. The van der Waals surface area contributed by atoms with E-state index in [0.717, 1.165) is 29.5 Å². The summed E-state index contributed by atoms with van der Waals surface area (Å²) in [5.74, 6) is -1.56. The van der Waals surface area contributed by atoms with Crippen LogP contribution in [0, 0.1) is 19.7 Å². The first-order valence-electron chi connectivity index (χ1n) is 13.0. The summed E-state index contributed by atoms with van der Waals surface area (Å²) in [6, 6.07) is 12.8. The van der Waals surface area contributed by atoms with Crippen LogP contribution in [0.4, 0.5) is 4.39 Å². The fourth-order valence-electron chi connectivity index (χ4n) is 5.97. The number of aliphatic carboxylic acids is 1. The summed E-state index contributed by atoms with van der Waals surface area (Å²) in [7, 11) is 0. The maximum atomic E-state index is 15.5. The number of halogens is 1. The molecule has 0 spiro atoms. The van der Waals surface area contributed by atoms with E-state index in [0.29, 0.717) is 30.7 Å². The number of fused-ring (bicyclic) bond motifs is 3. The zero-order valence-electron chi connectivity index (χ0n) is 21.9. The third-order valence-corrected chi connectivity index (χ3v) is 8.31. The maximum Gasteiger partial charge on any atom is 0.311 e. The lowest BCUT2D eigenvalue weighted by Crippen LogP contribution is -2.54. The maximum absolute atomic E-state index is 15.5. The lowest BCUT2D eigenvalue weighted by atomic mass is 9.62. The molecule has 1 atom stereocenters. The second kappa shape index (κ2) is 9.98. The molecule has 2 bridgehead atoms. The van der Waals surface area contributed by atoms with Crippen LogP contribution in [0.5, 0.6) is 0 Å². The first-order valence-corrected chi connectivity index (χ1v) is 13.0. The number of carboxylic acids is 1. The van der Waals surface area contributed by atoms with Crippen molar-refractivity contribution in [3.8, 4) is 11.3 Å². The van der Waals surface area contributed by atoms with Gasteiger partial charge in [0, 0.05) is 11.0 Å². The van der Waals surface area contributed by atoms with Crippen LogP contribution in [0.2, 0.25) is 0 Å². The molecular weight excluding hydrogens is 489 g/mol. The van der Waals surface area contributed by atoms with Crippen molar-refractivity contribution in [2.75, 3.05) is 6.61 Å². The zero-order chi connectivity index (χ0) is 27.1. The summed E-state index contributed by atoms with van der Waals surface area (Å²) < 4.78 is 32.7. The van der Waals surface area contributed by atoms with Crippen LogP contribution in [0.3, 0.4) is 0 Å². The van der Waals surface area contributed by atoms with Gasteiger partial charge in [-0.3, -0.25) is 9.59 Å². The Morgan fingerprint density at radius 1 is 1.13 bits per heavy atom. The molecule has 0 amide bonds. The van der Waals surface area contributed by atoms with Gasteiger partial charge in [0.05, 0.1) is 36.3 Å². The van der Waals surface area contributed by atoms with Crippen molar-refractivity contribution < 1.29 is 33.1 Å². The van der Waals surface area contributed by atoms with E-state index in [-0.39, 0.29) is 29.6 Å². The van der Waals surface area contributed by atoms with Gasteiger partial charge in [-0.1, -0.05) is 35.5 Å². The molecule has 8 heteroatoms. The average Bonchev–Trinajstić information content (AvgIpc) is 3.24. The van der Waals surface area contributed by atoms with E-state index >= 15 is 4.39 Å². The van der Waals surface area contributed by atoms with Crippen LogP contribution < -0.4 is 0 Å². The Balaban J connectivity index is 1.33. The van der Waals surface area contributed by atoms with Crippen LogP contribution in [0.1, 0.15) is 73.1 Å². The highest BCUT2D eigenvalue weighted by Crippen LogP contribution is 2.52. The van der Waals surface area contributed by atoms with E-state index in [1.54, 1.807) is 13.0 Å². The molecule has 1 aliphatic carbocycles. The molecule has 3 aromatic rings. The van der Waals surface area contributed by atoms with Crippen molar-refractivity contribution in [3.05, 3.63) is 76.2 Å². The zero-order valence-corrected chi connectivity index (χ0v) is 21.9. The normalized spacial score (nSPS) is 23.3. The van der Waals surface area contributed by atoms with Gasteiger partial charge >= 0.3 is 11.9 Å². The van der Waals surface area contributed by atoms with Crippen LogP contribution in [0.15, 0.2) is 47.0 Å². The number of hydrogen-bond acceptors (Lipinski definition) is 6. The Hall–Kier alpha value is -3.52. The van der Waals surface area contributed by atoms with E-state index in [2.05, 4.69) is 5.16 Å². The summed E-state index contributed by atoms with van der Waals surface area (Å²) in [5, 5.41) is 13.2. The summed E-state index contributed by atoms with van der Waals surface area (Å²) >= 11 is 0. The predicted octanol–water partition coefficient (Wildman–Crippen LogP) is 6.00. The largest absolute Gasteiger partial charge is 0.481 e. The highest BCUT2D eigenvalue weighted by Gasteiger charge is 2.51. The average molecular weight is 522 g/mol. The van der Waals surface area contributed by atoms with Gasteiger partial charge in [0.25, 0.3) is 0 Å². The third kappa shape index (κ3) is 4.85. The lowest BCUT2D eigenvalue weighted by molar-refractivity contribution is -0.175. The highest BCUT2D eigenvalue weighted by atomic mass is 19.1. The first-order chi connectivity index (χ1) is 18.1. The van der Waals surface area contributed by atoms with Gasteiger partial charge < -0.3 is 19.1 Å². The number of nitrogens with zero attached hydrogens (tertiary/aromatic N) is 1. The molecule has 0 unspecified atom stereocenters. The van der Waals surface area contributed by atoms with E-state index in [9.17, 15) is 14.7 Å². The van der Waals surface area contributed by atoms with Crippen molar-refractivity contribution in [1.29, 1.82) is 0 Å². The number of esters is 1. The SMILES string of the molecule is Cc1ccccc1[C@@H](C)OC(=O)Cc1c(C)noc1-c1ccc(C23CCC(CC(=O)O)(CC2)OC3)cc1F. The summed E-state index contributed by atoms with van der Waals surface area (Å²) in [6.45, 7) is 5.88. The van der Waals surface area contributed by atoms with Crippen LogP contribution in [-0.4, -0.2) is 34.4 Å². The number of hydrogen-bond donors (Lipinski definition) is 1. The minimum Gasteiger partial charge on any atom is -0.481 e. The number of rotatable bonds is 8. The number of carbonyl (C=O) groups excluding carboxylic acids is 1. The second-order valence-corrected chi connectivity index (χ2v) is 10.8. The molecule has 1 saturated carbocycles. The molecule has 1 N–H and O–H groups in total. The van der Waals surface area contributed by atoms with Crippen molar-refractivity contribution in [3.63, 3.8) is 0 Å². The van der Waals surface area contributed by atoms with Crippen molar-refractivity contribution in [1.82, 2.24) is 5.16 Å². The second-order valence-electron chi connectivity index (χ2n) is 10.8. The summed E-state index contributed by atoms with van der Waals surface area (Å²) in [6.07, 6.45) is 2.24. The van der Waals surface area contributed by atoms with Gasteiger partial charge in [-0.15, -0.1) is 0 Å². The Bertz CT molecular complexity index is 1350. The summed E-state index contributed by atoms with van der Waals surface area (Å²) in [5.41, 5.74) is 3.07. The number of carbonyl (C=O) groups is 2. The molecule has 3 heterocycles. The number of aryl methyl sites for hydroxylation is 2. The quantitative estimate of drug-likeness (QED) is 0.363. The molecule has 2 saturated heterocycles. The van der Waals surface area contributed by atoms with Gasteiger partial charge in [-0.05, 0) is 75.3 Å². The molecule has 2 aromatic carbocycles. The predicted molar refractivity (Wildman–Crippen MR) is 137 cm³/mol. The monoisotopic (exact) mass is 521 g/mol. The van der Waals surface area contributed by atoms with Crippen LogP contribution in [0.25, 0.3) is 11.3 Å². The number of ether oxygens (including phenoxy) is 2. The fourth-order valence-corrected chi connectivity index (χ4v) is 5.97. The molecule has 7 nitrogen and oxygen atoms in total. The molecule has 6 rings (SSSR count). The van der Waals surface area contributed by atoms with Crippen LogP contribution in [-0.2, 0) is 30.9 Å². The fraction of sp³-hybridized carbons (Fsp3) is 0.433.